The number of amides is 4. The molecule has 3 N–H and O–H groups in total. The molecule has 2 heterocycles. The van der Waals surface area contributed by atoms with Crippen LogP contribution in [-0.2, 0) is 46.3 Å². The van der Waals surface area contributed by atoms with E-state index in [4.69, 9.17) is 61.6 Å². The molecule has 0 aromatic heterocycles. The van der Waals surface area contributed by atoms with Gasteiger partial charge in [0.1, 0.15) is 29.7 Å². The minimum atomic E-state index is -1.05. The van der Waals surface area contributed by atoms with E-state index in [2.05, 4.69) is 10.6 Å². The van der Waals surface area contributed by atoms with Crippen molar-refractivity contribution in [3.63, 3.8) is 0 Å². The third-order valence-corrected chi connectivity index (χ3v) is 18.8. The lowest BCUT2D eigenvalue weighted by molar-refractivity contribution is -0.162. The molecule has 6 atom stereocenters. The Morgan fingerprint density at radius 3 is 1.46 bits per heavy atom. The topological polar surface area (TPSA) is 273 Å². The van der Waals surface area contributed by atoms with Crippen LogP contribution in [0, 0.1) is 0 Å². The second kappa shape index (κ2) is 38.5. The van der Waals surface area contributed by atoms with Gasteiger partial charge in [0.25, 0.3) is 11.8 Å². The molecule has 0 radical (unpaired) electrons. The molecule has 0 bridgehead atoms. The summed E-state index contributed by atoms with van der Waals surface area (Å²) in [7, 11) is 15.3. The molecule has 8 rings (SSSR count). The summed E-state index contributed by atoms with van der Waals surface area (Å²) in [5, 5.41) is 15.9. The Bertz CT molecular complexity index is 3760. The molecule has 24 nitrogen and oxygen atoms in total. The van der Waals surface area contributed by atoms with E-state index in [1.54, 1.807) is 74.8 Å². The van der Waals surface area contributed by atoms with E-state index in [0.29, 0.717) is 169 Å². The van der Waals surface area contributed by atoms with Crippen molar-refractivity contribution in [1.82, 2.24) is 20.4 Å². The lowest BCUT2D eigenvalue weighted by Gasteiger charge is -2.37. The third-order valence-electron chi connectivity index (χ3n) is 18.8. The lowest BCUT2D eigenvalue weighted by atomic mass is 9.83. The number of piperidine rings is 2. The highest BCUT2D eigenvalue weighted by Gasteiger charge is 2.40. The molecule has 2 fully saturated rings. The quantitative estimate of drug-likeness (QED) is 0.0240. The summed E-state index contributed by atoms with van der Waals surface area (Å²) in [6.07, 6.45) is 6.10. The van der Waals surface area contributed by atoms with E-state index in [0.717, 1.165) is 29.5 Å². The first-order chi connectivity index (χ1) is 49.5. The Labute approximate surface area is 597 Å². The van der Waals surface area contributed by atoms with E-state index in [1.165, 1.54) is 54.7 Å². The highest BCUT2D eigenvalue weighted by molar-refractivity contribution is 5.90. The van der Waals surface area contributed by atoms with Crippen molar-refractivity contribution in [2.75, 3.05) is 110 Å². The highest BCUT2D eigenvalue weighted by atomic mass is 16.6. The Kier molecular flexibility index (Phi) is 29.3. The fourth-order valence-corrected chi connectivity index (χ4v) is 13.4. The van der Waals surface area contributed by atoms with Crippen LogP contribution >= 0.6 is 0 Å². The van der Waals surface area contributed by atoms with E-state index >= 15 is 0 Å². The van der Waals surface area contributed by atoms with Crippen molar-refractivity contribution in [2.45, 2.75) is 126 Å². The van der Waals surface area contributed by atoms with E-state index in [9.17, 15) is 33.9 Å². The van der Waals surface area contributed by atoms with Crippen molar-refractivity contribution in [3.8, 4) is 69.0 Å². The average molecular weight is 1410 g/mol. The maximum absolute atomic E-state index is 14.9. The summed E-state index contributed by atoms with van der Waals surface area (Å²) < 4.78 is 74.7. The largest absolute Gasteiger partial charge is 0.493 e. The summed E-state index contributed by atoms with van der Waals surface area (Å²) in [6, 6.07) is 31.2. The van der Waals surface area contributed by atoms with Crippen LogP contribution in [0.25, 0.3) is 0 Å². The van der Waals surface area contributed by atoms with Crippen molar-refractivity contribution in [1.29, 1.82) is 0 Å². The third kappa shape index (κ3) is 20.0. The molecular weight excluding hydrogens is 1310 g/mol. The minimum Gasteiger partial charge on any atom is -0.493 e. The lowest BCUT2D eigenvalue weighted by Crippen LogP contribution is -2.50. The van der Waals surface area contributed by atoms with Crippen LogP contribution in [0.5, 0.6) is 69.0 Å². The highest BCUT2D eigenvalue weighted by Crippen LogP contribution is 2.45. The van der Waals surface area contributed by atoms with Crippen molar-refractivity contribution in [2.24, 2.45) is 0 Å². The van der Waals surface area contributed by atoms with Crippen LogP contribution in [0.15, 0.2) is 109 Å². The zero-order valence-corrected chi connectivity index (χ0v) is 60.4. The normalized spacial score (nSPS) is 15.4. The zero-order valence-electron chi connectivity index (χ0n) is 60.4. The number of benzene rings is 6. The van der Waals surface area contributed by atoms with Gasteiger partial charge in [0, 0.05) is 26.2 Å². The van der Waals surface area contributed by atoms with Crippen LogP contribution in [0.2, 0.25) is 0 Å². The Balaban J connectivity index is 0.872. The number of rotatable bonds is 38. The predicted molar refractivity (Wildman–Crippen MR) is 381 cm³/mol. The van der Waals surface area contributed by atoms with Crippen molar-refractivity contribution in [3.05, 3.63) is 143 Å². The summed E-state index contributed by atoms with van der Waals surface area (Å²) in [4.78, 5) is 86.2. The number of carbonyl (C=O) groups is 6. The number of methoxy groups -OCH3 is 10. The van der Waals surface area contributed by atoms with E-state index < -0.39 is 53.8 Å². The van der Waals surface area contributed by atoms with Gasteiger partial charge in [-0.25, -0.2) is 9.59 Å². The first kappa shape index (κ1) is 77.5. The molecule has 2 aliphatic heterocycles. The van der Waals surface area contributed by atoms with Crippen molar-refractivity contribution >= 4 is 35.6 Å². The Morgan fingerprint density at radius 1 is 0.451 bits per heavy atom. The minimum absolute atomic E-state index is 0.104. The molecule has 0 saturated carbocycles. The molecule has 2 saturated heterocycles. The van der Waals surface area contributed by atoms with Crippen molar-refractivity contribution < 1.29 is 95.5 Å². The number of aliphatic carboxylic acids is 1. The van der Waals surface area contributed by atoms with E-state index in [1.807, 2.05) is 67.6 Å². The molecule has 550 valence electrons. The maximum Gasteiger partial charge on any atom is 0.329 e. The van der Waals surface area contributed by atoms with Crippen LogP contribution in [0.3, 0.4) is 0 Å². The summed E-state index contributed by atoms with van der Waals surface area (Å²) in [6.45, 7) is 2.19. The molecule has 0 spiro atoms. The molecule has 6 aromatic rings. The van der Waals surface area contributed by atoms with Gasteiger partial charge in [0.2, 0.25) is 23.3 Å². The first-order valence-corrected chi connectivity index (χ1v) is 34.5. The smallest absolute Gasteiger partial charge is 0.329 e. The van der Waals surface area contributed by atoms with Gasteiger partial charge in [0.15, 0.2) is 59.2 Å². The Morgan fingerprint density at radius 2 is 0.922 bits per heavy atom. The fourth-order valence-electron chi connectivity index (χ4n) is 13.4. The van der Waals surface area contributed by atoms with Gasteiger partial charge in [-0.05, 0) is 196 Å². The number of esters is 1. The van der Waals surface area contributed by atoms with Gasteiger partial charge in [-0.15, -0.1) is 0 Å². The van der Waals surface area contributed by atoms with Crippen LogP contribution in [-0.4, -0.2) is 173 Å². The van der Waals surface area contributed by atoms with Crippen LogP contribution in [0.1, 0.15) is 135 Å². The molecule has 24 heteroatoms. The number of ether oxygens (including phenoxy) is 13. The summed E-state index contributed by atoms with van der Waals surface area (Å²) in [5.74, 6) is 0.868. The fraction of sp³-hybridized carbons (Fsp3) is 0.462. The number of nitrogens with one attached hydrogen (secondary N) is 2. The number of nitrogens with zero attached hydrogens (tertiary/aromatic N) is 2. The van der Waals surface area contributed by atoms with Crippen LogP contribution in [0.4, 0.5) is 0 Å². The van der Waals surface area contributed by atoms with Gasteiger partial charge in [-0.3, -0.25) is 19.2 Å². The second-order valence-corrected chi connectivity index (χ2v) is 24.9. The summed E-state index contributed by atoms with van der Waals surface area (Å²) in [5.41, 5.74) is 4.67. The number of aryl methyl sites for hydroxylation is 2. The monoisotopic (exact) mass is 1410 g/mol. The number of hydrogen-bond acceptors (Lipinski definition) is 19. The molecule has 6 aromatic carbocycles. The van der Waals surface area contributed by atoms with E-state index in [-0.39, 0.29) is 44.0 Å². The predicted octanol–water partition coefficient (Wildman–Crippen LogP) is 11.0. The number of carboxylic acids is 1. The van der Waals surface area contributed by atoms with Crippen LogP contribution < -0.4 is 67.5 Å². The van der Waals surface area contributed by atoms with Gasteiger partial charge in [-0.1, -0.05) is 43.3 Å². The first-order valence-electron chi connectivity index (χ1n) is 34.5. The number of carbonyl (C=O) groups excluding carboxylic acids is 5. The molecule has 2 aliphatic rings. The second-order valence-electron chi connectivity index (χ2n) is 24.9. The van der Waals surface area contributed by atoms with Gasteiger partial charge < -0.3 is 87.1 Å². The number of hydrogen-bond donors (Lipinski definition) is 3. The zero-order chi connectivity index (χ0) is 73.2. The SMILES string of the molecule is CC[C@H](C(=O)N1CCCCC1C(=O)OC(CCc1cccc(OCC(=O)NCCNC(=O)COc2cccc([C@@H](CCc3ccc(OC)c(OC)c3)CC[C@H](C(=O)N3CCCCC3C(=O)O)c3cc(OC)c(OC)c(OC)c3)c2)c1)c1ccc(OC)c(OC)c1)c1cc(OC)c(OC)c(OC)c1. The van der Waals surface area contributed by atoms with Gasteiger partial charge in [0.05, 0.1) is 82.9 Å². The molecular formula is C78H98N4O20. The average Bonchev–Trinajstić information content (AvgIpc) is 0.797. The standard InChI is InChI=1S/C78H98N4O20/c1-12-58(54-43-67(94-6)73(98-10)68(44-54)95-7)75(85)82-38-16-14-24-61(82)78(89)102-62(53-30-34-64(91-3)66(42-53)93-5)32-26-49-19-17-21-56(39-49)100-47-71(83)79-35-36-80-72(84)48-101-57-22-18-20-52(41-57)51(28-25-50-27-33-63(90-2)65(40-50)92-4)29-31-59(76(86)81-37-15-13-23-60(81)77(87)88)55-45-69(96-8)74(99-11)70(46-55)97-9/h17-22,27,30,33-34,39-46,51,58-62H,12-16,23-26,28-29,31-32,35-38,47-48H2,1-11H3,(H,79,83)(H,80,84)(H,87,88)/t51-,58-,59-,60?,61?,62?/m0/s1. The molecule has 0 aliphatic carbocycles. The molecule has 4 amide bonds. The molecule has 102 heavy (non-hydrogen) atoms. The Hall–Kier alpha value is -10.3. The molecule has 3 unspecified atom stereocenters. The van der Waals surface area contributed by atoms with Gasteiger partial charge >= 0.3 is 11.9 Å². The number of likely N-dealkylation sites (tertiary alicyclic amines) is 2. The maximum atomic E-state index is 14.9. The number of carboxylic acid groups (broad SMARTS) is 1. The summed E-state index contributed by atoms with van der Waals surface area (Å²) >= 11 is 0. The van der Waals surface area contributed by atoms with Gasteiger partial charge in [-0.2, -0.15) is 0 Å².